The van der Waals surface area contributed by atoms with Gasteiger partial charge < -0.3 is 10.4 Å². The summed E-state index contributed by atoms with van der Waals surface area (Å²) in [6, 6.07) is 6.24. The largest absolute Gasteiger partial charge is 0.392 e. The Kier molecular flexibility index (Phi) is 5.59. The maximum absolute atomic E-state index is 12.4. The molecule has 1 saturated heterocycles. The molecule has 0 aromatic heterocycles. The van der Waals surface area contributed by atoms with E-state index in [1.165, 1.54) is 11.1 Å². The van der Waals surface area contributed by atoms with Gasteiger partial charge in [-0.2, -0.15) is 0 Å². The zero-order valence-electron chi connectivity index (χ0n) is 14.1. The first-order valence-corrected chi connectivity index (χ1v) is 8.21. The van der Waals surface area contributed by atoms with Gasteiger partial charge in [-0.15, -0.1) is 0 Å². The summed E-state index contributed by atoms with van der Waals surface area (Å²) in [5.41, 5.74) is 3.33. The average molecular weight is 304 g/mol. The molecule has 4 heteroatoms. The van der Waals surface area contributed by atoms with E-state index in [9.17, 15) is 9.90 Å². The van der Waals surface area contributed by atoms with Gasteiger partial charge in [-0.1, -0.05) is 45.9 Å². The minimum atomic E-state index is -0.290. The Morgan fingerprint density at radius 1 is 1.27 bits per heavy atom. The second kappa shape index (κ2) is 7.25. The van der Waals surface area contributed by atoms with E-state index in [-0.39, 0.29) is 12.0 Å². The van der Waals surface area contributed by atoms with Crippen LogP contribution in [0.1, 0.15) is 57.1 Å². The van der Waals surface area contributed by atoms with Gasteiger partial charge in [0.15, 0.2) is 0 Å². The minimum absolute atomic E-state index is 0.00380. The molecule has 122 valence electrons. The van der Waals surface area contributed by atoms with Gasteiger partial charge in [-0.05, 0) is 29.4 Å². The van der Waals surface area contributed by atoms with Crippen LogP contribution in [0.3, 0.4) is 0 Å². The molecule has 0 bridgehead atoms. The molecule has 0 unspecified atom stereocenters. The van der Waals surface area contributed by atoms with Crippen LogP contribution in [0.5, 0.6) is 0 Å². The van der Waals surface area contributed by atoms with Crippen LogP contribution in [-0.2, 0) is 4.79 Å². The summed E-state index contributed by atoms with van der Waals surface area (Å²) in [5.74, 6) is 0.731. The summed E-state index contributed by atoms with van der Waals surface area (Å²) in [6.45, 7) is 10.3. The molecule has 1 atom stereocenters. The van der Waals surface area contributed by atoms with E-state index in [2.05, 4.69) is 51.2 Å². The highest BCUT2D eigenvalue weighted by Gasteiger charge is 2.23. The molecule has 22 heavy (non-hydrogen) atoms. The molecule has 0 aliphatic carbocycles. The molecular formula is C18H28N2O2. The molecule has 1 aromatic carbocycles. The lowest BCUT2D eigenvalue weighted by molar-refractivity contribution is -0.117. The number of β-amino-alcohol motifs (C(OH)–C–C–N with tert-alkyl or cyclic N) is 1. The molecule has 2 N–H and O–H groups in total. The van der Waals surface area contributed by atoms with Crippen molar-refractivity contribution in [2.75, 3.05) is 25.0 Å². The number of hydrogen-bond acceptors (Lipinski definition) is 3. The summed E-state index contributed by atoms with van der Waals surface area (Å²) in [4.78, 5) is 14.4. The smallest absolute Gasteiger partial charge is 0.238 e. The van der Waals surface area contributed by atoms with Crippen molar-refractivity contribution in [2.45, 2.75) is 52.1 Å². The van der Waals surface area contributed by atoms with Crippen LogP contribution < -0.4 is 5.32 Å². The standard InChI is InChI=1S/C18H28N2O2/c1-12(2)15-6-5-7-16(13(3)4)18(15)19-17(22)11-20-9-8-14(21)10-20/h5-7,12-14,21H,8-11H2,1-4H3,(H,19,22)/t14-/m1/s1. The number of anilines is 1. The lowest BCUT2D eigenvalue weighted by Crippen LogP contribution is -2.32. The molecule has 1 aliphatic rings. The summed E-state index contributed by atoms with van der Waals surface area (Å²) in [6.07, 6.45) is 0.467. The highest BCUT2D eigenvalue weighted by atomic mass is 16.3. The third kappa shape index (κ3) is 4.08. The second-order valence-corrected chi connectivity index (χ2v) is 6.85. The van der Waals surface area contributed by atoms with Crippen molar-refractivity contribution >= 4 is 11.6 Å². The lowest BCUT2D eigenvalue weighted by atomic mass is 9.92. The molecule has 2 rings (SSSR count). The van der Waals surface area contributed by atoms with E-state index in [4.69, 9.17) is 0 Å². The number of likely N-dealkylation sites (tertiary alicyclic amines) is 1. The third-order valence-electron chi connectivity index (χ3n) is 4.25. The Morgan fingerprint density at radius 3 is 2.32 bits per heavy atom. The Labute approximate surface area is 133 Å². The number of carbonyl (C=O) groups excluding carboxylic acids is 1. The van der Waals surface area contributed by atoms with Gasteiger partial charge in [0, 0.05) is 18.8 Å². The topological polar surface area (TPSA) is 52.6 Å². The molecule has 1 aromatic rings. The summed E-state index contributed by atoms with van der Waals surface area (Å²) < 4.78 is 0. The van der Waals surface area contributed by atoms with Gasteiger partial charge in [-0.25, -0.2) is 0 Å². The number of amides is 1. The molecular weight excluding hydrogens is 276 g/mol. The predicted molar refractivity (Wildman–Crippen MR) is 90.3 cm³/mol. The summed E-state index contributed by atoms with van der Waals surface area (Å²) in [7, 11) is 0. The quantitative estimate of drug-likeness (QED) is 0.879. The number of aliphatic hydroxyl groups excluding tert-OH is 1. The number of rotatable bonds is 5. The number of hydrogen-bond donors (Lipinski definition) is 2. The molecule has 1 fully saturated rings. The van der Waals surface area contributed by atoms with Gasteiger partial charge in [-0.3, -0.25) is 9.69 Å². The summed E-state index contributed by atoms with van der Waals surface area (Å²) >= 11 is 0. The van der Waals surface area contributed by atoms with Crippen molar-refractivity contribution in [1.82, 2.24) is 4.90 Å². The normalized spacial score (nSPS) is 19.1. The average Bonchev–Trinajstić information content (AvgIpc) is 2.83. The van der Waals surface area contributed by atoms with Gasteiger partial charge >= 0.3 is 0 Å². The fourth-order valence-electron chi connectivity index (χ4n) is 3.03. The second-order valence-electron chi connectivity index (χ2n) is 6.85. The first-order valence-electron chi connectivity index (χ1n) is 8.21. The highest BCUT2D eigenvalue weighted by Crippen LogP contribution is 2.32. The lowest BCUT2D eigenvalue weighted by Gasteiger charge is -2.21. The predicted octanol–water partition coefficient (Wildman–Crippen LogP) is 2.94. The summed E-state index contributed by atoms with van der Waals surface area (Å²) in [5, 5.41) is 12.7. The van der Waals surface area contributed by atoms with Gasteiger partial charge in [0.05, 0.1) is 12.6 Å². The number of nitrogens with one attached hydrogen (secondary N) is 1. The molecule has 0 saturated carbocycles. The zero-order chi connectivity index (χ0) is 16.3. The van der Waals surface area contributed by atoms with Crippen molar-refractivity contribution in [3.05, 3.63) is 29.3 Å². The fourth-order valence-corrected chi connectivity index (χ4v) is 3.03. The number of benzene rings is 1. The maximum atomic E-state index is 12.4. The molecule has 4 nitrogen and oxygen atoms in total. The Bertz CT molecular complexity index is 500. The van der Waals surface area contributed by atoms with Crippen LogP contribution in [0.4, 0.5) is 5.69 Å². The van der Waals surface area contributed by atoms with Crippen molar-refractivity contribution < 1.29 is 9.90 Å². The molecule has 1 heterocycles. The van der Waals surface area contributed by atoms with Crippen LogP contribution in [0.2, 0.25) is 0 Å². The van der Waals surface area contributed by atoms with Gasteiger partial charge in [0.1, 0.15) is 0 Å². The third-order valence-corrected chi connectivity index (χ3v) is 4.25. The molecule has 0 radical (unpaired) electrons. The van der Waals surface area contributed by atoms with Crippen LogP contribution >= 0.6 is 0 Å². The van der Waals surface area contributed by atoms with E-state index >= 15 is 0 Å². The number of nitrogens with zero attached hydrogens (tertiary/aromatic N) is 1. The Balaban J connectivity index is 2.15. The first-order chi connectivity index (χ1) is 10.4. The maximum Gasteiger partial charge on any atom is 0.238 e. The van der Waals surface area contributed by atoms with E-state index < -0.39 is 0 Å². The Hall–Kier alpha value is -1.39. The Morgan fingerprint density at radius 2 is 1.86 bits per heavy atom. The van der Waals surface area contributed by atoms with Crippen molar-refractivity contribution in [3.63, 3.8) is 0 Å². The first kappa shape index (κ1) is 17.0. The zero-order valence-corrected chi connectivity index (χ0v) is 14.1. The van der Waals surface area contributed by atoms with Crippen LogP contribution in [-0.4, -0.2) is 41.7 Å². The SMILES string of the molecule is CC(C)c1cccc(C(C)C)c1NC(=O)CN1CC[C@@H](O)C1. The fraction of sp³-hybridized carbons (Fsp3) is 0.611. The molecule has 0 spiro atoms. The van der Waals surface area contributed by atoms with E-state index in [0.29, 0.717) is 24.9 Å². The van der Waals surface area contributed by atoms with Gasteiger partial charge in [0.25, 0.3) is 0 Å². The van der Waals surface area contributed by atoms with Crippen LogP contribution in [0.15, 0.2) is 18.2 Å². The van der Waals surface area contributed by atoms with Crippen molar-refractivity contribution in [1.29, 1.82) is 0 Å². The molecule has 1 aliphatic heterocycles. The van der Waals surface area contributed by atoms with Crippen LogP contribution in [0.25, 0.3) is 0 Å². The number of carbonyl (C=O) groups is 1. The van der Waals surface area contributed by atoms with E-state index in [1.54, 1.807) is 0 Å². The monoisotopic (exact) mass is 304 g/mol. The minimum Gasteiger partial charge on any atom is -0.392 e. The van der Waals surface area contributed by atoms with E-state index in [1.807, 2.05) is 4.90 Å². The number of aliphatic hydroxyl groups is 1. The highest BCUT2D eigenvalue weighted by molar-refractivity contribution is 5.94. The van der Waals surface area contributed by atoms with E-state index in [0.717, 1.165) is 18.7 Å². The van der Waals surface area contributed by atoms with Crippen LogP contribution in [0, 0.1) is 0 Å². The molecule has 1 amide bonds. The van der Waals surface area contributed by atoms with Crippen molar-refractivity contribution in [2.24, 2.45) is 0 Å². The van der Waals surface area contributed by atoms with Crippen molar-refractivity contribution in [3.8, 4) is 0 Å². The number of para-hydroxylation sites is 1. The van der Waals surface area contributed by atoms with Gasteiger partial charge in [0.2, 0.25) is 5.91 Å².